The normalized spacial score (nSPS) is 19.0. The summed E-state index contributed by atoms with van der Waals surface area (Å²) in [5.41, 5.74) is 2.93. The van der Waals surface area contributed by atoms with E-state index in [1.54, 1.807) is 41.1 Å². The predicted molar refractivity (Wildman–Crippen MR) is 158 cm³/mol. The van der Waals surface area contributed by atoms with E-state index in [-0.39, 0.29) is 30.9 Å². The minimum atomic E-state index is -0.722. The Balaban J connectivity index is 1.38. The number of hydrogen-bond acceptors (Lipinski definition) is 6. The Labute approximate surface area is 246 Å². The zero-order valence-electron chi connectivity index (χ0n) is 24.2. The van der Waals surface area contributed by atoms with Gasteiger partial charge in [0.1, 0.15) is 23.7 Å². The number of methoxy groups -OCH3 is 2. The summed E-state index contributed by atoms with van der Waals surface area (Å²) in [4.78, 5) is 44.5. The van der Waals surface area contributed by atoms with Crippen molar-refractivity contribution in [2.45, 2.75) is 31.6 Å². The van der Waals surface area contributed by atoms with Gasteiger partial charge in [-0.15, -0.1) is 0 Å². The molecule has 3 aromatic rings. The first-order valence-corrected chi connectivity index (χ1v) is 14.1. The second kappa shape index (κ2) is 12.9. The van der Waals surface area contributed by atoms with Gasteiger partial charge in [0.15, 0.2) is 0 Å². The fourth-order valence-electron chi connectivity index (χ4n) is 5.60. The molecule has 0 unspecified atom stereocenters. The number of nitrogens with one attached hydrogen (secondary N) is 1. The van der Waals surface area contributed by atoms with Gasteiger partial charge in [0.05, 0.1) is 27.3 Å². The number of hydrogen-bond donors (Lipinski definition) is 1. The molecule has 2 saturated heterocycles. The molecule has 0 aromatic heterocycles. The number of rotatable bonds is 9. The topological polar surface area (TPSA) is 94.7 Å². The van der Waals surface area contributed by atoms with Gasteiger partial charge in [-0.2, -0.15) is 0 Å². The summed E-state index contributed by atoms with van der Waals surface area (Å²) in [5, 5.41) is 6.22. The first-order valence-electron chi connectivity index (χ1n) is 14.1. The smallest absolute Gasteiger partial charge is 0.334 e. The summed E-state index contributed by atoms with van der Waals surface area (Å²) in [6, 6.07) is 23.9. The van der Waals surface area contributed by atoms with Crippen molar-refractivity contribution in [3.8, 4) is 11.5 Å². The van der Waals surface area contributed by atoms with Crippen LogP contribution < -0.4 is 14.8 Å². The van der Waals surface area contributed by atoms with Crippen LogP contribution in [0, 0.1) is 0 Å². The number of amides is 4. The molecule has 3 aromatic carbocycles. The maximum atomic E-state index is 13.9. The molecule has 2 heterocycles. The average molecular weight is 572 g/mol. The first kappa shape index (κ1) is 28.9. The molecule has 5 rings (SSSR count). The highest BCUT2D eigenvalue weighted by atomic mass is 16.5. The Morgan fingerprint density at radius 1 is 0.857 bits per heavy atom. The van der Waals surface area contributed by atoms with E-state index in [1.165, 1.54) is 0 Å². The summed E-state index contributed by atoms with van der Waals surface area (Å²) in [5.74, 6) is 1.22. The van der Waals surface area contributed by atoms with E-state index in [0.717, 1.165) is 28.2 Å². The third-order valence-corrected chi connectivity index (χ3v) is 7.85. The Kier molecular flexibility index (Phi) is 8.92. The van der Waals surface area contributed by atoms with Crippen LogP contribution in [0.3, 0.4) is 0 Å². The zero-order valence-corrected chi connectivity index (χ0v) is 24.2. The number of fused-ring (bicyclic) bond motifs is 1. The van der Waals surface area contributed by atoms with Crippen LogP contribution in [0.1, 0.15) is 16.7 Å². The van der Waals surface area contributed by atoms with Gasteiger partial charge in [-0.1, -0.05) is 54.6 Å². The van der Waals surface area contributed by atoms with Gasteiger partial charge in [0.2, 0.25) is 11.8 Å². The van der Waals surface area contributed by atoms with Crippen LogP contribution >= 0.6 is 0 Å². The van der Waals surface area contributed by atoms with E-state index in [4.69, 9.17) is 9.47 Å². The highest BCUT2D eigenvalue weighted by Gasteiger charge is 2.50. The van der Waals surface area contributed by atoms with Crippen LogP contribution in [0.25, 0.3) is 0 Å². The summed E-state index contributed by atoms with van der Waals surface area (Å²) < 4.78 is 10.5. The molecule has 2 aliphatic rings. The Bertz CT molecular complexity index is 1380. The molecule has 2 fully saturated rings. The third-order valence-electron chi connectivity index (χ3n) is 7.85. The number of hydrazine groups is 1. The van der Waals surface area contributed by atoms with Crippen LogP contribution in [0.15, 0.2) is 78.9 Å². The van der Waals surface area contributed by atoms with Gasteiger partial charge in [0, 0.05) is 26.6 Å². The van der Waals surface area contributed by atoms with Gasteiger partial charge in [-0.05, 0) is 47.4 Å². The Morgan fingerprint density at radius 3 is 2.10 bits per heavy atom. The van der Waals surface area contributed by atoms with Crippen molar-refractivity contribution in [3.05, 3.63) is 95.6 Å². The molecule has 4 amide bonds. The van der Waals surface area contributed by atoms with Gasteiger partial charge in [-0.3, -0.25) is 9.59 Å². The van der Waals surface area contributed by atoms with Crippen molar-refractivity contribution in [1.82, 2.24) is 25.1 Å². The number of piperazine rings is 1. The molecule has 1 N–H and O–H groups in total. The third kappa shape index (κ3) is 6.33. The van der Waals surface area contributed by atoms with E-state index in [1.807, 2.05) is 78.9 Å². The predicted octanol–water partition coefficient (Wildman–Crippen LogP) is 2.93. The average Bonchev–Trinajstić information content (AvgIpc) is 3.01. The molecule has 0 radical (unpaired) electrons. The summed E-state index contributed by atoms with van der Waals surface area (Å²) in [7, 11) is 4.96. The lowest BCUT2D eigenvalue weighted by Gasteiger charge is -2.54. The molecule has 10 nitrogen and oxygen atoms in total. The molecule has 0 aliphatic carbocycles. The minimum absolute atomic E-state index is 0.00310. The lowest BCUT2D eigenvalue weighted by molar-refractivity contribution is -0.186. The summed E-state index contributed by atoms with van der Waals surface area (Å²) in [6.45, 7) is 0.977. The maximum Gasteiger partial charge on any atom is 0.334 e. The number of benzene rings is 3. The van der Waals surface area contributed by atoms with Crippen LogP contribution in [0.2, 0.25) is 0 Å². The summed E-state index contributed by atoms with van der Waals surface area (Å²) in [6.07, 6.45) is 0.356. The van der Waals surface area contributed by atoms with Crippen LogP contribution in [-0.4, -0.2) is 90.8 Å². The number of carbonyl (C=O) groups excluding carboxylic acids is 3. The van der Waals surface area contributed by atoms with Gasteiger partial charge in [0.25, 0.3) is 0 Å². The lowest BCUT2D eigenvalue weighted by atomic mass is 9.98. The monoisotopic (exact) mass is 571 g/mol. The van der Waals surface area contributed by atoms with Gasteiger partial charge < -0.3 is 24.6 Å². The Morgan fingerprint density at radius 2 is 1.48 bits per heavy atom. The number of likely N-dealkylation sites (N-methyl/N-ethyl adjacent to an activating group) is 1. The van der Waals surface area contributed by atoms with E-state index < -0.39 is 12.2 Å². The van der Waals surface area contributed by atoms with Crippen molar-refractivity contribution in [3.63, 3.8) is 0 Å². The molecule has 42 heavy (non-hydrogen) atoms. The van der Waals surface area contributed by atoms with Crippen molar-refractivity contribution in [1.29, 1.82) is 0 Å². The highest BCUT2D eigenvalue weighted by molar-refractivity contribution is 5.91. The largest absolute Gasteiger partial charge is 0.497 e. The van der Waals surface area contributed by atoms with E-state index in [0.29, 0.717) is 25.9 Å². The van der Waals surface area contributed by atoms with Crippen molar-refractivity contribution in [2.24, 2.45) is 0 Å². The van der Waals surface area contributed by atoms with Gasteiger partial charge in [-0.25, -0.2) is 14.8 Å². The second-order valence-corrected chi connectivity index (χ2v) is 10.5. The molecular formula is C32H37N5O5. The fourth-order valence-corrected chi connectivity index (χ4v) is 5.60. The standard InChI is InChI=1S/C32H37N5O5/c1-34-22-30(38)36-28(19-24-7-5-4-6-8-24)31(39)35(18-17-23-9-13-26(41-2)14-10-23)21-29(36)37(34)32(40)33-20-25-11-15-27(42-3)16-12-25/h4-16,28-29H,17-22H2,1-3H3,(H,33,40)/t28-,29-/m0/s1. The number of ether oxygens (including phenoxy) is 2. The van der Waals surface area contributed by atoms with E-state index in [2.05, 4.69) is 5.32 Å². The van der Waals surface area contributed by atoms with Gasteiger partial charge >= 0.3 is 6.03 Å². The highest BCUT2D eigenvalue weighted by Crippen LogP contribution is 2.28. The molecule has 2 aliphatic heterocycles. The molecule has 0 saturated carbocycles. The van der Waals surface area contributed by atoms with Crippen LogP contribution in [0.4, 0.5) is 4.79 Å². The van der Waals surface area contributed by atoms with E-state index >= 15 is 0 Å². The molecule has 2 atom stereocenters. The van der Waals surface area contributed by atoms with Crippen molar-refractivity contribution < 1.29 is 23.9 Å². The first-order chi connectivity index (χ1) is 20.4. The maximum absolute atomic E-state index is 13.9. The number of urea groups is 1. The molecule has 0 spiro atoms. The zero-order chi connectivity index (χ0) is 29.6. The number of nitrogens with zero attached hydrogens (tertiary/aromatic N) is 4. The minimum Gasteiger partial charge on any atom is -0.497 e. The summed E-state index contributed by atoms with van der Waals surface area (Å²) >= 11 is 0. The molecule has 10 heteroatoms. The SMILES string of the molecule is COc1ccc(CCN2C[C@H]3N(C(=O)CN(C)N3C(=O)NCc3ccc(OC)cc3)[C@@H](Cc3ccccc3)C2=O)cc1. The second-order valence-electron chi connectivity index (χ2n) is 10.5. The Hall–Kier alpha value is -4.57. The molecule has 220 valence electrons. The number of carbonyl (C=O) groups is 3. The van der Waals surface area contributed by atoms with Crippen molar-refractivity contribution >= 4 is 17.8 Å². The van der Waals surface area contributed by atoms with Crippen molar-refractivity contribution in [2.75, 3.05) is 40.9 Å². The van der Waals surface area contributed by atoms with Crippen LogP contribution in [0.5, 0.6) is 11.5 Å². The quantitative estimate of drug-likeness (QED) is 0.425. The molecule has 0 bridgehead atoms. The fraction of sp³-hybridized carbons (Fsp3) is 0.344. The van der Waals surface area contributed by atoms with Crippen LogP contribution in [-0.2, 0) is 29.0 Å². The molecular weight excluding hydrogens is 534 g/mol. The van der Waals surface area contributed by atoms with E-state index in [9.17, 15) is 14.4 Å². The lowest BCUT2D eigenvalue weighted by Crippen LogP contribution is -2.76.